The lowest BCUT2D eigenvalue weighted by Gasteiger charge is -2.14. The van der Waals surface area contributed by atoms with Crippen LogP contribution < -0.4 is 14.8 Å². The van der Waals surface area contributed by atoms with E-state index in [1.165, 1.54) is 31.2 Å². The number of nitrogens with one attached hydrogen (secondary N) is 2. The number of hydrogen-bond donors (Lipinski definition) is 2. The SMILES string of the molecule is CC(=O)Nc1ccc(S(=O)(=O)Nc2ccccc2Oc2ccccc2C#N)cc1. The molecule has 0 atom stereocenters. The van der Waals surface area contributed by atoms with Gasteiger partial charge in [0.2, 0.25) is 5.91 Å². The summed E-state index contributed by atoms with van der Waals surface area (Å²) in [7, 11) is -3.90. The number of carbonyl (C=O) groups excluding carboxylic acids is 1. The molecule has 0 bridgehead atoms. The second-order valence-electron chi connectivity index (χ2n) is 6.02. The maximum Gasteiger partial charge on any atom is 0.262 e. The van der Waals surface area contributed by atoms with Gasteiger partial charge in [-0.2, -0.15) is 5.26 Å². The third-order valence-corrected chi connectivity index (χ3v) is 5.23. The molecule has 8 heteroatoms. The van der Waals surface area contributed by atoms with Gasteiger partial charge in [-0.15, -0.1) is 0 Å². The van der Waals surface area contributed by atoms with Crippen LogP contribution in [0.25, 0.3) is 0 Å². The molecule has 3 aromatic rings. The Morgan fingerprint density at radius 1 is 0.931 bits per heavy atom. The summed E-state index contributed by atoms with van der Waals surface area (Å²) in [5.41, 5.74) is 1.05. The van der Waals surface area contributed by atoms with Gasteiger partial charge >= 0.3 is 0 Å². The normalized spacial score (nSPS) is 10.6. The summed E-state index contributed by atoms with van der Waals surface area (Å²) < 4.78 is 33.8. The van der Waals surface area contributed by atoms with E-state index in [0.29, 0.717) is 17.0 Å². The van der Waals surface area contributed by atoms with Gasteiger partial charge < -0.3 is 10.1 Å². The van der Waals surface area contributed by atoms with Crippen LogP contribution in [0.1, 0.15) is 12.5 Å². The maximum absolute atomic E-state index is 12.8. The number of nitrogens with zero attached hydrogens (tertiary/aromatic N) is 1. The molecule has 0 aromatic heterocycles. The largest absolute Gasteiger partial charge is 0.454 e. The van der Waals surface area contributed by atoms with Crippen molar-refractivity contribution in [1.29, 1.82) is 5.26 Å². The van der Waals surface area contributed by atoms with Crippen LogP contribution in [-0.4, -0.2) is 14.3 Å². The average Bonchev–Trinajstić information content (AvgIpc) is 2.69. The van der Waals surface area contributed by atoms with Crippen molar-refractivity contribution in [2.75, 3.05) is 10.0 Å². The van der Waals surface area contributed by atoms with Crippen LogP contribution >= 0.6 is 0 Å². The van der Waals surface area contributed by atoms with Crippen LogP contribution in [0.5, 0.6) is 11.5 Å². The summed E-state index contributed by atoms with van der Waals surface area (Å²) in [4.78, 5) is 11.1. The fourth-order valence-electron chi connectivity index (χ4n) is 2.53. The number of hydrogen-bond acceptors (Lipinski definition) is 5. The van der Waals surface area contributed by atoms with Crippen molar-refractivity contribution in [3.63, 3.8) is 0 Å². The summed E-state index contributed by atoms with van der Waals surface area (Å²) in [6.45, 7) is 1.37. The molecule has 3 aromatic carbocycles. The van der Waals surface area contributed by atoms with Gasteiger partial charge in [0, 0.05) is 12.6 Å². The van der Waals surface area contributed by atoms with Gasteiger partial charge in [-0.05, 0) is 48.5 Å². The standard InChI is InChI=1S/C21H17N3O4S/c1-15(25)23-17-10-12-18(13-11-17)29(26,27)24-19-7-3-5-9-21(19)28-20-8-4-2-6-16(20)14-22/h2-13,24H,1H3,(H,23,25). The first kappa shape index (κ1) is 19.9. The third-order valence-electron chi connectivity index (χ3n) is 3.84. The van der Waals surface area contributed by atoms with Crippen molar-refractivity contribution in [3.05, 3.63) is 78.4 Å². The summed E-state index contributed by atoms with van der Waals surface area (Å²) in [5, 5.41) is 11.8. The molecule has 0 radical (unpaired) electrons. The zero-order chi connectivity index (χ0) is 20.9. The van der Waals surface area contributed by atoms with Gasteiger partial charge in [-0.25, -0.2) is 8.42 Å². The van der Waals surface area contributed by atoms with Crippen molar-refractivity contribution < 1.29 is 17.9 Å². The van der Waals surface area contributed by atoms with Crippen LogP contribution in [0.4, 0.5) is 11.4 Å². The van der Waals surface area contributed by atoms with E-state index >= 15 is 0 Å². The second kappa shape index (κ2) is 8.46. The number of para-hydroxylation sites is 3. The van der Waals surface area contributed by atoms with Crippen LogP contribution in [0.2, 0.25) is 0 Å². The first-order chi connectivity index (χ1) is 13.9. The molecule has 146 valence electrons. The monoisotopic (exact) mass is 407 g/mol. The first-order valence-electron chi connectivity index (χ1n) is 8.55. The topological polar surface area (TPSA) is 108 Å². The van der Waals surface area contributed by atoms with Gasteiger partial charge in [0.1, 0.15) is 11.8 Å². The minimum absolute atomic E-state index is 0.0267. The van der Waals surface area contributed by atoms with Crippen molar-refractivity contribution in [1.82, 2.24) is 0 Å². The average molecular weight is 407 g/mol. The zero-order valence-electron chi connectivity index (χ0n) is 15.4. The predicted octanol–water partition coefficient (Wildman–Crippen LogP) is 4.11. The second-order valence-corrected chi connectivity index (χ2v) is 7.70. The van der Waals surface area contributed by atoms with Crippen LogP contribution in [0.15, 0.2) is 77.7 Å². The third kappa shape index (κ3) is 4.91. The van der Waals surface area contributed by atoms with Crippen molar-refractivity contribution >= 4 is 27.3 Å². The molecule has 0 aliphatic heterocycles. The van der Waals surface area contributed by atoms with Crippen LogP contribution in [-0.2, 0) is 14.8 Å². The highest BCUT2D eigenvalue weighted by atomic mass is 32.2. The van der Waals surface area contributed by atoms with Gasteiger partial charge in [-0.3, -0.25) is 9.52 Å². The van der Waals surface area contributed by atoms with E-state index in [0.717, 1.165) is 0 Å². The summed E-state index contributed by atoms with van der Waals surface area (Å²) in [5.74, 6) is 0.331. The summed E-state index contributed by atoms with van der Waals surface area (Å²) in [6.07, 6.45) is 0. The lowest BCUT2D eigenvalue weighted by Crippen LogP contribution is -2.14. The molecule has 0 aliphatic rings. The number of ether oxygens (including phenoxy) is 1. The smallest absolute Gasteiger partial charge is 0.262 e. The number of benzene rings is 3. The Morgan fingerprint density at radius 3 is 2.21 bits per heavy atom. The van der Waals surface area contributed by atoms with Crippen LogP contribution in [0, 0.1) is 11.3 Å². The quantitative estimate of drug-likeness (QED) is 0.639. The Hall–Kier alpha value is -3.83. The number of amides is 1. The molecule has 3 rings (SSSR count). The molecule has 2 N–H and O–H groups in total. The lowest BCUT2D eigenvalue weighted by atomic mass is 10.2. The van der Waals surface area contributed by atoms with E-state index in [1.54, 1.807) is 48.5 Å². The minimum atomic E-state index is -3.90. The molecule has 0 saturated carbocycles. The van der Waals surface area contributed by atoms with Crippen molar-refractivity contribution in [2.24, 2.45) is 0 Å². The predicted molar refractivity (Wildman–Crippen MR) is 109 cm³/mol. The van der Waals surface area contributed by atoms with E-state index in [-0.39, 0.29) is 22.2 Å². The van der Waals surface area contributed by atoms with Crippen molar-refractivity contribution in [3.8, 4) is 17.6 Å². The molecule has 0 heterocycles. The van der Waals surface area contributed by atoms with Crippen molar-refractivity contribution in [2.45, 2.75) is 11.8 Å². The van der Waals surface area contributed by atoms with E-state index in [9.17, 15) is 18.5 Å². The number of anilines is 2. The number of sulfonamides is 1. The Bertz CT molecular complexity index is 1180. The van der Waals surface area contributed by atoms with Crippen LogP contribution in [0.3, 0.4) is 0 Å². The highest BCUT2D eigenvalue weighted by molar-refractivity contribution is 7.92. The molecule has 0 saturated heterocycles. The Kier molecular flexibility index (Phi) is 5.81. The first-order valence-corrected chi connectivity index (χ1v) is 10.0. The molecular weight excluding hydrogens is 390 g/mol. The molecule has 0 aliphatic carbocycles. The lowest BCUT2D eigenvalue weighted by molar-refractivity contribution is -0.114. The highest BCUT2D eigenvalue weighted by Gasteiger charge is 2.17. The minimum Gasteiger partial charge on any atom is -0.454 e. The van der Waals surface area contributed by atoms with Gasteiger partial charge in [0.25, 0.3) is 10.0 Å². The van der Waals surface area contributed by atoms with E-state index in [2.05, 4.69) is 10.0 Å². The number of nitriles is 1. The fraction of sp³-hybridized carbons (Fsp3) is 0.0476. The van der Waals surface area contributed by atoms with Gasteiger partial charge in [-0.1, -0.05) is 24.3 Å². The molecule has 0 unspecified atom stereocenters. The van der Waals surface area contributed by atoms with E-state index in [1.807, 2.05) is 6.07 Å². The zero-order valence-corrected chi connectivity index (χ0v) is 16.2. The molecule has 1 amide bonds. The molecule has 0 spiro atoms. The fourth-order valence-corrected chi connectivity index (χ4v) is 3.60. The molecule has 29 heavy (non-hydrogen) atoms. The number of rotatable bonds is 6. The Labute approximate surface area is 168 Å². The van der Waals surface area contributed by atoms with E-state index < -0.39 is 10.0 Å². The Balaban J connectivity index is 1.86. The highest BCUT2D eigenvalue weighted by Crippen LogP contribution is 2.32. The Morgan fingerprint density at radius 2 is 1.55 bits per heavy atom. The summed E-state index contributed by atoms with van der Waals surface area (Å²) in [6, 6.07) is 21.0. The maximum atomic E-state index is 12.8. The summed E-state index contributed by atoms with van der Waals surface area (Å²) >= 11 is 0. The van der Waals surface area contributed by atoms with Gasteiger partial charge in [0.05, 0.1) is 16.1 Å². The number of carbonyl (C=O) groups is 1. The van der Waals surface area contributed by atoms with E-state index in [4.69, 9.17) is 4.74 Å². The molecule has 0 fully saturated rings. The molecule has 7 nitrogen and oxygen atoms in total. The van der Waals surface area contributed by atoms with Gasteiger partial charge in [0.15, 0.2) is 5.75 Å². The molecular formula is C21H17N3O4S.